The van der Waals surface area contributed by atoms with Gasteiger partial charge in [0.15, 0.2) is 0 Å². The number of unbranched alkanes of at least 4 members (excludes halogenated alkanes) is 4. The van der Waals surface area contributed by atoms with Crippen LogP contribution < -0.4 is 0 Å². The van der Waals surface area contributed by atoms with Crippen LogP contribution in [0.1, 0.15) is 77.6 Å². The van der Waals surface area contributed by atoms with E-state index in [9.17, 15) is 15.0 Å². The van der Waals surface area contributed by atoms with Crippen LogP contribution in [0.2, 0.25) is 0 Å². The predicted octanol–water partition coefficient (Wildman–Crippen LogP) is 3.91. The molecule has 1 saturated carbocycles. The second-order valence-corrected chi connectivity index (χ2v) is 7.08. The number of rotatable bonds is 11. The molecule has 0 bridgehead atoms. The van der Waals surface area contributed by atoms with Crippen molar-refractivity contribution in [2.45, 2.75) is 89.8 Å². The molecule has 0 aromatic rings. The molecule has 4 atom stereocenters. The number of allylic oxidation sites excluding steroid dienone is 1. The van der Waals surface area contributed by atoms with Gasteiger partial charge in [-0.25, -0.2) is 0 Å². The van der Waals surface area contributed by atoms with Crippen molar-refractivity contribution in [2.75, 3.05) is 0 Å². The smallest absolute Gasteiger partial charge is 0.304 e. The number of carboxylic acid groups (broad SMARTS) is 1. The van der Waals surface area contributed by atoms with Gasteiger partial charge >= 0.3 is 5.97 Å². The van der Waals surface area contributed by atoms with E-state index in [2.05, 4.69) is 24.8 Å². The summed E-state index contributed by atoms with van der Waals surface area (Å²) in [6.07, 6.45) is 12.6. The van der Waals surface area contributed by atoms with Crippen LogP contribution in [-0.4, -0.2) is 33.5 Å². The summed E-state index contributed by atoms with van der Waals surface area (Å²) in [7, 11) is 0. The molecule has 0 aromatic carbocycles. The highest BCUT2D eigenvalue weighted by atomic mass is 16.4. The largest absolute Gasteiger partial charge is 0.481 e. The summed E-state index contributed by atoms with van der Waals surface area (Å²) in [5, 5.41) is 28.8. The molecule has 1 rings (SSSR count). The lowest BCUT2D eigenvalue weighted by Gasteiger charge is -2.17. The zero-order valence-corrected chi connectivity index (χ0v) is 15.5. The maximum absolute atomic E-state index is 10.5. The molecular weight excluding hydrogens is 316 g/mol. The van der Waals surface area contributed by atoms with Gasteiger partial charge in [-0.1, -0.05) is 51.2 Å². The highest BCUT2D eigenvalue weighted by Gasteiger charge is 2.32. The van der Waals surface area contributed by atoms with Crippen molar-refractivity contribution in [3.63, 3.8) is 0 Å². The Morgan fingerprint density at radius 1 is 1.20 bits per heavy atom. The van der Waals surface area contributed by atoms with E-state index in [1.165, 1.54) is 25.7 Å². The van der Waals surface area contributed by atoms with Gasteiger partial charge in [0.25, 0.3) is 0 Å². The predicted molar refractivity (Wildman–Crippen MR) is 100 cm³/mol. The highest BCUT2D eigenvalue weighted by Crippen LogP contribution is 2.35. The Balaban J connectivity index is 2.35. The molecule has 0 radical (unpaired) electrons. The Hall–Kier alpha value is -1.31. The number of carboxylic acids is 1. The van der Waals surface area contributed by atoms with E-state index in [1.807, 2.05) is 6.08 Å². The highest BCUT2D eigenvalue weighted by molar-refractivity contribution is 5.66. The van der Waals surface area contributed by atoms with Crippen molar-refractivity contribution in [2.24, 2.45) is 11.8 Å². The zero-order valence-electron chi connectivity index (χ0n) is 15.5. The van der Waals surface area contributed by atoms with Crippen LogP contribution in [-0.2, 0) is 4.79 Å². The van der Waals surface area contributed by atoms with Crippen molar-refractivity contribution < 1.29 is 20.1 Å². The SMILES string of the molecule is CCCCCCCC(O)/C=C/C1CCC(O)C1CC#CCCC(=O)O. The Bertz CT molecular complexity index is 460. The topological polar surface area (TPSA) is 77.8 Å². The molecule has 0 spiro atoms. The second kappa shape index (κ2) is 13.0. The molecule has 4 nitrogen and oxygen atoms in total. The van der Waals surface area contributed by atoms with Crippen LogP contribution in [0.3, 0.4) is 0 Å². The molecule has 4 unspecified atom stereocenters. The Morgan fingerprint density at radius 3 is 2.68 bits per heavy atom. The van der Waals surface area contributed by atoms with E-state index in [1.54, 1.807) is 0 Å². The molecule has 1 aliphatic carbocycles. The molecule has 0 aromatic heterocycles. The van der Waals surface area contributed by atoms with E-state index in [-0.39, 0.29) is 24.4 Å². The first-order valence-electron chi connectivity index (χ1n) is 9.76. The summed E-state index contributed by atoms with van der Waals surface area (Å²) >= 11 is 0. The Kier molecular flexibility index (Phi) is 11.3. The summed E-state index contributed by atoms with van der Waals surface area (Å²) < 4.78 is 0. The minimum Gasteiger partial charge on any atom is -0.481 e. The third kappa shape index (κ3) is 9.67. The third-order valence-electron chi connectivity index (χ3n) is 4.95. The summed E-state index contributed by atoms with van der Waals surface area (Å²) in [5.41, 5.74) is 0. The monoisotopic (exact) mass is 350 g/mol. The van der Waals surface area contributed by atoms with E-state index < -0.39 is 12.1 Å². The Labute approximate surface area is 152 Å². The molecule has 142 valence electrons. The van der Waals surface area contributed by atoms with Gasteiger partial charge < -0.3 is 15.3 Å². The summed E-state index contributed by atoms with van der Waals surface area (Å²) in [6.45, 7) is 2.20. The number of hydrogen-bond donors (Lipinski definition) is 3. The molecule has 0 saturated heterocycles. The molecule has 25 heavy (non-hydrogen) atoms. The lowest BCUT2D eigenvalue weighted by Crippen LogP contribution is -2.18. The van der Waals surface area contributed by atoms with Crippen molar-refractivity contribution in [3.8, 4) is 11.8 Å². The van der Waals surface area contributed by atoms with Crippen LogP contribution in [0.15, 0.2) is 12.2 Å². The number of aliphatic hydroxyl groups excluding tert-OH is 2. The van der Waals surface area contributed by atoms with Crippen molar-refractivity contribution in [1.82, 2.24) is 0 Å². The first-order valence-corrected chi connectivity index (χ1v) is 9.76. The van der Waals surface area contributed by atoms with E-state index in [4.69, 9.17) is 5.11 Å². The molecule has 3 N–H and O–H groups in total. The van der Waals surface area contributed by atoms with Gasteiger partial charge in [-0.2, -0.15) is 0 Å². The molecular formula is C21H34O4. The average molecular weight is 350 g/mol. The van der Waals surface area contributed by atoms with Crippen molar-refractivity contribution in [1.29, 1.82) is 0 Å². The summed E-state index contributed by atoms with van der Waals surface area (Å²) in [5.74, 6) is 5.40. The lowest BCUT2D eigenvalue weighted by molar-refractivity contribution is -0.136. The third-order valence-corrected chi connectivity index (χ3v) is 4.95. The van der Waals surface area contributed by atoms with Gasteiger partial charge in [0.05, 0.1) is 18.6 Å². The molecule has 4 heteroatoms. The average Bonchev–Trinajstić information content (AvgIpc) is 2.92. The van der Waals surface area contributed by atoms with E-state index >= 15 is 0 Å². The van der Waals surface area contributed by atoms with Crippen molar-refractivity contribution >= 4 is 5.97 Å². The molecule has 1 aliphatic rings. The number of carbonyl (C=O) groups is 1. The van der Waals surface area contributed by atoms with Gasteiger partial charge in [-0.05, 0) is 25.2 Å². The lowest BCUT2D eigenvalue weighted by atomic mass is 9.91. The molecule has 0 heterocycles. The normalized spacial score (nSPS) is 24.2. The van der Waals surface area contributed by atoms with Gasteiger partial charge in [0.1, 0.15) is 0 Å². The van der Waals surface area contributed by atoms with Gasteiger partial charge in [-0.15, -0.1) is 11.8 Å². The fraction of sp³-hybridized carbons (Fsp3) is 0.762. The van der Waals surface area contributed by atoms with Gasteiger partial charge in [-0.3, -0.25) is 4.79 Å². The van der Waals surface area contributed by atoms with Gasteiger partial charge in [0, 0.05) is 18.8 Å². The molecule has 0 aliphatic heterocycles. The van der Waals surface area contributed by atoms with E-state index in [0.29, 0.717) is 12.8 Å². The second-order valence-electron chi connectivity index (χ2n) is 7.08. The molecule has 0 amide bonds. The molecule has 1 fully saturated rings. The number of aliphatic carboxylic acids is 1. The van der Waals surface area contributed by atoms with Crippen LogP contribution in [0, 0.1) is 23.7 Å². The first kappa shape index (κ1) is 21.7. The minimum absolute atomic E-state index is 0.0635. The number of aliphatic hydroxyl groups is 2. The zero-order chi connectivity index (χ0) is 18.5. The first-order chi connectivity index (χ1) is 12.0. The fourth-order valence-electron chi connectivity index (χ4n) is 3.38. The van der Waals surface area contributed by atoms with Crippen LogP contribution in [0.5, 0.6) is 0 Å². The quantitative estimate of drug-likeness (QED) is 0.300. The van der Waals surface area contributed by atoms with Crippen molar-refractivity contribution in [3.05, 3.63) is 12.2 Å². The summed E-state index contributed by atoms with van der Waals surface area (Å²) in [6, 6.07) is 0. The maximum atomic E-state index is 10.5. The van der Waals surface area contributed by atoms with Crippen LogP contribution in [0.4, 0.5) is 0 Å². The fourth-order valence-corrected chi connectivity index (χ4v) is 3.38. The standard InChI is InChI=1S/C21H34O4/c1-2-3-4-5-7-10-18(22)15-13-17-14-16-20(23)19(17)11-8-6-9-12-21(24)25/h13,15,17-20,22-23H,2-5,7,9-12,14,16H2,1H3,(H,24,25)/b15-13+. The van der Waals surface area contributed by atoms with E-state index in [0.717, 1.165) is 25.7 Å². The van der Waals surface area contributed by atoms with Crippen LogP contribution >= 0.6 is 0 Å². The Morgan fingerprint density at radius 2 is 1.96 bits per heavy atom. The summed E-state index contributed by atoms with van der Waals surface area (Å²) in [4.78, 5) is 10.5. The van der Waals surface area contributed by atoms with Gasteiger partial charge in [0.2, 0.25) is 0 Å². The number of hydrogen-bond acceptors (Lipinski definition) is 3. The van der Waals surface area contributed by atoms with Crippen LogP contribution in [0.25, 0.3) is 0 Å². The maximum Gasteiger partial charge on any atom is 0.304 e. The minimum atomic E-state index is -0.834.